The van der Waals surface area contributed by atoms with Crippen molar-refractivity contribution in [2.24, 2.45) is 0 Å². The molecule has 0 radical (unpaired) electrons. The number of rotatable bonds is 3. The average molecular weight is 325 g/mol. The summed E-state index contributed by atoms with van der Waals surface area (Å²) in [6.07, 6.45) is 2.73. The molecule has 2 atom stereocenters. The van der Waals surface area contributed by atoms with E-state index in [1.54, 1.807) is 0 Å². The second kappa shape index (κ2) is 7.03. The normalized spacial score (nSPS) is 26.0. The lowest BCUT2D eigenvalue weighted by Crippen LogP contribution is -2.42. The van der Waals surface area contributed by atoms with Gasteiger partial charge < -0.3 is 10.2 Å². The van der Waals surface area contributed by atoms with Gasteiger partial charge in [0, 0.05) is 42.1 Å². The van der Waals surface area contributed by atoms with Crippen molar-refractivity contribution < 1.29 is 4.79 Å². The van der Waals surface area contributed by atoms with Crippen LogP contribution in [0.4, 0.5) is 0 Å². The van der Waals surface area contributed by atoms with Gasteiger partial charge in [0.15, 0.2) is 0 Å². The molecule has 114 valence electrons. The summed E-state index contributed by atoms with van der Waals surface area (Å²) in [6, 6.07) is 8.46. The SMILES string of the molecule is O=C(CC1CSCCN1)N1CCCC1c1cccc(Cl)c1. The van der Waals surface area contributed by atoms with Gasteiger partial charge in [0.2, 0.25) is 5.91 Å². The summed E-state index contributed by atoms with van der Waals surface area (Å²) in [7, 11) is 0. The number of nitrogens with one attached hydrogen (secondary N) is 1. The first-order valence-electron chi connectivity index (χ1n) is 7.60. The van der Waals surface area contributed by atoms with Gasteiger partial charge in [-0.25, -0.2) is 0 Å². The third kappa shape index (κ3) is 3.74. The standard InChI is InChI=1S/C16H21ClN2OS/c17-13-4-1-3-12(9-13)15-5-2-7-19(15)16(20)10-14-11-21-8-6-18-14/h1,3-4,9,14-15,18H,2,5-8,10-11H2. The van der Waals surface area contributed by atoms with E-state index in [1.165, 1.54) is 5.56 Å². The Balaban J connectivity index is 1.67. The molecule has 2 heterocycles. The minimum atomic E-state index is 0.201. The summed E-state index contributed by atoms with van der Waals surface area (Å²) in [4.78, 5) is 14.7. The minimum absolute atomic E-state index is 0.201. The molecular formula is C16H21ClN2OS. The van der Waals surface area contributed by atoms with Crippen molar-refractivity contribution >= 4 is 29.3 Å². The Hall–Kier alpha value is -0.710. The largest absolute Gasteiger partial charge is 0.336 e. The van der Waals surface area contributed by atoms with Gasteiger partial charge in [-0.2, -0.15) is 11.8 Å². The monoisotopic (exact) mass is 324 g/mol. The van der Waals surface area contributed by atoms with Gasteiger partial charge >= 0.3 is 0 Å². The van der Waals surface area contributed by atoms with Crippen molar-refractivity contribution in [3.05, 3.63) is 34.9 Å². The third-order valence-corrected chi connectivity index (χ3v) is 5.59. The molecule has 2 fully saturated rings. The average Bonchev–Trinajstić information content (AvgIpc) is 2.98. The first-order valence-corrected chi connectivity index (χ1v) is 9.13. The number of thioether (sulfide) groups is 1. The molecule has 0 aromatic heterocycles. The predicted octanol–water partition coefficient (Wildman–Crippen LogP) is 3.10. The van der Waals surface area contributed by atoms with E-state index in [2.05, 4.69) is 11.4 Å². The lowest BCUT2D eigenvalue weighted by atomic mass is 10.0. The fourth-order valence-electron chi connectivity index (χ4n) is 3.20. The highest BCUT2D eigenvalue weighted by Gasteiger charge is 2.31. The van der Waals surface area contributed by atoms with E-state index in [0.29, 0.717) is 12.5 Å². The fourth-order valence-corrected chi connectivity index (χ4v) is 4.35. The van der Waals surface area contributed by atoms with Crippen LogP contribution < -0.4 is 5.32 Å². The van der Waals surface area contributed by atoms with Crippen molar-refractivity contribution in [1.29, 1.82) is 0 Å². The molecule has 2 unspecified atom stereocenters. The summed E-state index contributed by atoms with van der Waals surface area (Å²) < 4.78 is 0. The maximum Gasteiger partial charge on any atom is 0.224 e. The Labute approximate surface area is 135 Å². The van der Waals surface area contributed by atoms with Crippen LogP contribution in [0.1, 0.15) is 30.9 Å². The van der Waals surface area contributed by atoms with Crippen molar-refractivity contribution in [3.8, 4) is 0 Å². The van der Waals surface area contributed by atoms with Crippen molar-refractivity contribution in [3.63, 3.8) is 0 Å². The smallest absolute Gasteiger partial charge is 0.224 e. The number of benzene rings is 1. The Kier molecular flexibility index (Phi) is 5.09. The van der Waals surface area contributed by atoms with Crippen LogP contribution >= 0.6 is 23.4 Å². The van der Waals surface area contributed by atoms with E-state index in [0.717, 1.165) is 42.5 Å². The molecule has 0 saturated carbocycles. The molecule has 0 spiro atoms. The van der Waals surface area contributed by atoms with E-state index < -0.39 is 0 Å². The maximum absolute atomic E-state index is 12.6. The first kappa shape index (κ1) is 15.2. The summed E-state index contributed by atoms with van der Waals surface area (Å²) in [6.45, 7) is 1.89. The number of carbonyl (C=O) groups excluding carboxylic acids is 1. The zero-order chi connectivity index (χ0) is 14.7. The van der Waals surface area contributed by atoms with E-state index in [1.807, 2.05) is 34.9 Å². The molecular weight excluding hydrogens is 304 g/mol. The third-order valence-electron chi connectivity index (χ3n) is 4.23. The van der Waals surface area contributed by atoms with Gasteiger partial charge in [-0.05, 0) is 30.5 Å². The molecule has 21 heavy (non-hydrogen) atoms. The molecule has 2 saturated heterocycles. The zero-order valence-corrected chi connectivity index (χ0v) is 13.6. The summed E-state index contributed by atoms with van der Waals surface area (Å²) in [5.74, 6) is 2.47. The number of hydrogen-bond donors (Lipinski definition) is 1. The Morgan fingerprint density at radius 3 is 3.14 bits per heavy atom. The summed E-state index contributed by atoms with van der Waals surface area (Å²) in [5.41, 5.74) is 1.17. The quantitative estimate of drug-likeness (QED) is 0.927. The minimum Gasteiger partial charge on any atom is -0.336 e. The van der Waals surface area contributed by atoms with Gasteiger partial charge in [0.25, 0.3) is 0 Å². The van der Waals surface area contributed by atoms with Gasteiger partial charge in [0.05, 0.1) is 6.04 Å². The van der Waals surface area contributed by atoms with Crippen LogP contribution in [0.5, 0.6) is 0 Å². The Morgan fingerprint density at radius 1 is 1.48 bits per heavy atom. The summed E-state index contributed by atoms with van der Waals surface area (Å²) >= 11 is 8.03. The number of amides is 1. The number of nitrogens with zero attached hydrogens (tertiary/aromatic N) is 1. The molecule has 0 bridgehead atoms. The molecule has 1 aromatic carbocycles. The zero-order valence-electron chi connectivity index (χ0n) is 12.1. The number of halogens is 1. The lowest BCUT2D eigenvalue weighted by Gasteiger charge is -2.29. The van der Waals surface area contributed by atoms with E-state index in [9.17, 15) is 4.79 Å². The van der Waals surface area contributed by atoms with Crippen LogP contribution in [0.3, 0.4) is 0 Å². The van der Waals surface area contributed by atoms with E-state index in [-0.39, 0.29) is 11.9 Å². The lowest BCUT2D eigenvalue weighted by molar-refractivity contribution is -0.132. The molecule has 2 aliphatic heterocycles. The summed E-state index contributed by atoms with van der Waals surface area (Å²) in [5, 5.41) is 4.20. The van der Waals surface area contributed by atoms with Crippen LogP contribution in [0, 0.1) is 0 Å². The van der Waals surface area contributed by atoms with E-state index >= 15 is 0 Å². The molecule has 1 amide bonds. The van der Waals surface area contributed by atoms with Crippen molar-refractivity contribution in [1.82, 2.24) is 10.2 Å². The van der Waals surface area contributed by atoms with Crippen LogP contribution in [-0.2, 0) is 4.79 Å². The first-order chi connectivity index (χ1) is 10.2. The van der Waals surface area contributed by atoms with Crippen LogP contribution in [-0.4, -0.2) is 41.4 Å². The highest BCUT2D eigenvalue weighted by atomic mass is 35.5. The van der Waals surface area contributed by atoms with Gasteiger partial charge in [-0.15, -0.1) is 0 Å². The second-order valence-electron chi connectivity index (χ2n) is 5.73. The Morgan fingerprint density at radius 2 is 2.38 bits per heavy atom. The predicted molar refractivity (Wildman–Crippen MR) is 88.9 cm³/mol. The molecule has 3 rings (SSSR count). The number of hydrogen-bond acceptors (Lipinski definition) is 3. The molecule has 1 aromatic rings. The molecule has 5 heteroatoms. The fraction of sp³-hybridized carbons (Fsp3) is 0.562. The molecule has 3 nitrogen and oxygen atoms in total. The topological polar surface area (TPSA) is 32.3 Å². The van der Waals surface area contributed by atoms with Gasteiger partial charge in [0.1, 0.15) is 0 Å². The van der Waals surface area contributed by atoms with Crippen LogP contribution in [0.15, 0.2) is 24.3 Å². The highest BCUT2D eigenvalue weighted by molar-refractivity contribution is 7.99. The number of likely N-dealkylation sites (tertiary alicyclic amines) is 1. The molecule has 1 N–H and O–H groups in total. The maximum atomic E-state index is 12.6. The number of carbonyl (C=O) groups is 1. The van der Waals surface area contributed by atoms with Crippen molar-refractivity contribution in [2.75, 3.05) is 24.6 Å². The van der Waals surface area contributed by atoms with Crippen molar-refractivity contribution in [2.45, 2.75) is 31.3 Å². The van der Waals surface area contributed by atoms with E-state index in [4.69, 9.17) is 11.6 Å². The highest BCUT2D eigenvalue weighted by Crippen LogP contribution is 2.33. The van der Waals surface area contributed by atoms with Crippen LogP contribution in [0.25, 0.3) is 0 Å². The molecule has 2 aliphatic rings. The second-order valence-corrected chi connectivity index (χ2v) is 7.32. The molecule has 0 aliphatic carbocycles. The van der Waals surface area contributed by atoms with Gasteiger partial charge in [-0.1, -0.05) is 23.7 Å². The van der Waals surface area contributed by atoms with Gasteiger partial charge in [-0.3, -0.25) is 4.79 Å². The van der Waals surface area contributed by atoms with Crippen LogP contribution in [0.2, 0.25) is 5.02 Å². The Bertz CT molecular complexity index is 505.